The third kappa shape index (κ3) is 5.71. The lowest BCUT2D eigenvalue weighted by molar-refractivity contribution is 0.0525. The maximum atomic E-state index is 13.2. The molecule has 4 rings (SSSR count). The number of esters is 1. The van der Waals surface area contributed by atoms with E-state index in [2.05, 4.69) is 37.2 Å². The van der Waals surface area contributed by atoms with Crippen LogP contribution in [0.1, 0.15) is 44.6 Å². The van der Waals surface area contributed by atoms with Crippen LogP contribution in [0, 0.1) is 13.8 Å². The molecule has 1 fully saturated rings. The Balaban J connectivity index is 1.41. The number of nitrogens with one attached hydrogen (secondary N) is 2. The number of carbonyl (C=O) groups is 2. The number of hydrogen-bond acceptors (Lipinski definition) is 6. The van der Waals surface area contributed by atoms with Gasteiger partial charge in [0.1, 0.15) is 5.69 Å². The van der Waals surface area contributed by atoms with Crippen LogP contribution in [0.4, 0.5) is 11.4 Å². The van der Waals surface area contributed by atoms with E-state index >= 15 is 0 Å². The first-order valence-corrected chi connectivity index (χ1v) is 12.1. The zero-order chi connectivity index (χ0) is 24.8. The second-order valence-electron chi connectivity index (χ2n) is 8.75. The molecule has 1 amide bonds. The lowest BCUT2D eigenvalue weighted by atomic mass is 10.1. The molecule has 1 aliphatic rings. The van der Waals surface area contributed by atoms with Gasteiger partial charge < -0.3 is 19.9 Å². The lowest BCUT2D eigenvalue weighted by Gasteiger charge is -2.37. The number of piperazine rings is 1. The number of pyridine rings is 1. The number of carbonyl (C=O) groups excluding carboxylic acids is 2. The van der Waals surface area contributed by atoms with Crippen molar-refractivity contribution in [2.45, 2.75) is 27.2 Å². The van der Waals surface area contributed by atoms with Crippen molar-refractivity contribution < 1.29 is 14.3 Å². The summed E-state index contributed by atoms with van der Waals surface area (Å²) in [5, 5.41) is 3.05. The highest BCUT2D eigenvalue weighted by Gasteiger charge is 2.24. The van der Waals surface area contributed by atoms with Crippen LogP contribution in [0.3, 0.4) is 0 Å². The number of benzene rings is 1. The van der Waals surface area contributed by atoms with Crippen LogP contribution in [0.15, 0.2) is 48.8 Å². The quantitative estimate of drug-likeness (QED) is 0.482. The highest BCUT2D eigenvalue weighted by atomic mass is 16.5. The maximum Gasteiger partial charge on any atom is 0.340 e. The predicted octanol–water partition coefficient (Wildman–Crippen LogP) is 3.82. The number of aromatic amines is 1. The molecule has 8 heteroatoms. The van der Waals surface area contributed by atoms with Gasteiger partial charge in [-0.2, -0.15) is 0 Å². The fourth-order valence-corrected chi connectivity index (χ4v) is 4.58. The van der Waals surface area contributed by atoms with Gasteiger partial charge in [0.15, 0.2) is 0 Å². The number of nitrogens with zero attached hydrogens (tertiary/aromatic N) is 3. The van der Waals surface area contributed by atoms with Crippen LogP contribution in [-0.4, -0.2) is 66.1 Å². The number of H-pyrrole nitrogens is 1. The highest BCUT2D eigenvalue weighted by Crippen LogP contribution is 2.28. The number of rotatable bonds is 8. The molecule has 8 nitrogen and oxygen atoms in total. The molecule has 1 aromatic carbocycles. The van der Waals surface area contributed by atoms with Gasteiger partial charge in [0.05, 0.1) is 23.5 Å². The van der Waals surface area contributed by atoms with Gasteiger partial charge in [-0.3, -0.25) is 14.7 Å². The van der Waals surface area contributed by atoms with Crippen LogP contribution in [-0.2, 0) is 11.2 Å². The summed E-state index contributed by atoms with van der Waals surface area (Å²) in [7, 11) is 0. The van der Waals surface area contributed by atoms with Crippen molar-refractivity contribution >= 4 is 23.3 Å². The Kier molecular flexibility index (Phi) is 7.82. The number of aryl methyl sites for hydroxylation is 1. The molecular weight excluding hydrogens is 442 g/mol. The number of hydrogen-bond donors (Lipinski definition) is 2. The smallest absolute Gasteiger partial charge is 0.340 e. The normalized spacial score (nSPS) is 14.1. The van der Waals surface area contributed by atoms with Gasteiger partial charge in [0.2, 0.25) is 0 Å². The Morgan fingerprint density at radius 2 is 1.77 bits per heavy atom. The van der Waals surface area contributed by atoms with E-state index in [1.165, 1.54) is 5.56 Å². The third-order valence-corrected chi connectivity index (χ3v) is 6.48. The first-order valence-electron chi connectivity index (χ1n) is 12.1. The Labute approximate surface area is 206 Å². The summed E-state index contributed by atoms with van der Waals surface area (Å²) in [6, 6.07) is 12.0. The molecule has 0 unspecified atom stereocenters. The van der Waals surface area contributed by atoms with Gasteiger partial charge in [-0.15, -0.1) is 0 Å². The van der Waals surface area contributed by atoms with E-state index < -0.39 is 5.97 Å². The number of para-hydroxylation sites is 2. The minimum absolute atomic E-state index is 0.274. The van der Waals surface area contributed by atoms with Crippen LogP contribution in [0.2, 0.25) is 0 Å². The first-order chi connectivity index (χ1) is 17.0. The zero-order valence-corrected chi connectivity index (χ0v) is 20.6. The predicted molar refractivity (Wildman–Crippen MR) is 137 cm³/mol. The van der Waals surface area contributed by atoms with Gasteiger partial charge in [-0.1, -0.05) is 12.1 Å². The molecule has 2 N–H and O–H groups in total. The second kappa shape index (κ2) is 11.2. The molecular formula is C27H33N5O3. The van der Waals surface area contributed by atoms with Gasteiger partial charge in [-0.25, -0.2) is 4.79 Å². The molecule has 0 radical (unpaired) electrons. The Bertz CT molecular complexity index is 1170. The molecule has 0 saturated carbocycles. The zero-order valence-electron chi connectivity index (χ0n) is 20.6. The van der Waals surface area contributed by atoms with Crippen molar-refractivity contribution in [1.82, 2.24) is 14.9 Å². The van der Waals surface area contributed by atoms with Gasteiger partial charge in [0.25, 0.3) is 5.91 Å². The van der Waals surface area contributed by atoms with Crippen molar-refractivity contribution in [1.29, 1.82) is 0 Å². The number of ether oxygens (including phenoxy) is 1. The van der Waals surface area contributed by atoms with E-state index in [4.69, 9.17) is 4.74 Å². The monoisotopic (exact) mass is 475 g/mol. The van der Waals surface area contributed by atoms with Crippen molar-refractivity contribution in [3.8, 4) is 0 Å². The van der Waals surface area contributed by atoms with Crippen molar-refractivity contribution in [3.05, 3.63) is 76.9 Å². The van der Waals surface area contributed by atoms with E-state index in [0.717, 1.165) is 50.5 Å². The molecule has 0 atom stereocenters. The van der Waals surface area contributed by atoms with Gasteiger partial charge in [-0.05, 0) is 62.6 Å². The van der Waals surface area contributed by atoms with E-state index in [-0.39, 0.29) is 12.5 Å². The molecule has 0 aliphatic carbocycles. The SMILES string of the molecule is CCOC(=O)c1c(C)[nH]c(C(=O)Nc2ccccc2N2CCN(CCc3ccncc3)CC2)c1C. The summed E-state index contributed by atoms with van der Waals surface area (Å²) in [6.07, 6.45) is 4.69. The third-order valence-electron chi connectivity index (χ3n) is 6.48. The molecule has 3 heterocycles. The Morgan fingerprint density at radius 1 is 1.06 bits per heavy atom. The molecule has 1 aliphatic heterocycles. The fourth-order valence-electron chi connectivity index (χ4n) is 4.58. The Hall–Kier alpha value is -3.65. The topological polar surface area (TPSA) is 90.6 Å². The van der Waals surface area contributed by atoms with Crippen LogP contribution < -0.4 is 10.2 Å². The van der Waals surface area contributed by atoms with Gasteiger partial charge >= 0.3 is 5.97 Å². The van der Waals surface area contributed by atoms with E-state index in [1.807, 2.05) is 36.7 Å². The van der Waals surface area contributed by atoms with Crippen molar-refractivity contribution in [3.63, 3.8) is 0 Å². The Morgan fingerprint density at radius 3 is 2.49 bits per heavy atom. The summed E-state index contributed by atoms with van der Waals surface area (Å²) < 4.78 is 5.15. The molecule has 3 aromatic rings. The summed E-state index contributed by atoms with van der Waals surface area (Å²) >= 11 is 0. The molecule has 0 bridgehead atoms. The van der Waals surface area contributed by atoms with Crippen LogP contribution >= 0.6 is 0 Å². The average molecular weight is 476 g/mol. The number of anilines is 2. The summed E-state index contributed by atoms with van der Waals surface area (Å²) in [4.78, 5) is 37.4. The molecule has 1 saturated heterocycles. The minimum Gasteiger partial charge on any atom is -0.462 e. The van der Waals surface area contributed by atoms with Gasteiger partial charge in [0, 0.05) is 50.8 Å². The second-order valence-corrected chi connectivity index (χ2v) is 8.75. The van der Waals surface area contributed by atoms with E-state index in [0.29, 0.717) is 22.5 Å². The maximum absolute atomic E-state index is 13.2. The lowest BCUT2D eigenvalue weighted by Crippen LogP contribution is -2.47. The van der Waals surface area contributed by atoms with Crippen molar-refractivity contribution in [2.75, 3.05) is 49.5 Å². The van der Waals surface area contributed by atoms with Crippen molar-refractivity contribution in [2.24, 2.45) is 0 Å². The largest absolute Gasteiger partial charge is 0.462 e. The number of aromatic nitrogens is 2. The van der Waals surface area contributed by atoms with Crippen LogP contribution in [0.25, 0.3) is 0 Å². The standard InChI is InChI=1S/C27H33N5O3/c1-4-35-27(34)24-19(2)25(29-20(24)3)26(33)30-22-7-5-6-8-23(22)32-17-15-31(16-18-32)14-11-21-9-12-28-13-10-21/h5-10,12-13,29H,4,11,14-18H2,1-3H3,(H,30,33). The number of amides is 1. The summed E-state index contributed by atoms with van der Waals surface area (Å²) in [6.45, 7) is 10.3. The van der Waals surface area contributed by atoms with E-state index in [9.17, 15) is 9.59 Å². The summed E-state index contributed by atoms with van der Waals surface area (Å²) in [5.41, 5.74) is 5.08. The first kappa shape index (κ1) is 24.5. The summed E-state index contributed by atoms with van der Waals surface area (Å²) in [5.74, 6) is -0.690. The molecule has 0 spiro atoms. The highest BCUT2D eigenvalue weighted by molar-refractivity contribution is 6.08. The van der Waals surface area contributed by atoms with Crippen LogP contribution in [0.5, 0.6) is 0 Å². The molecule has 184 valence electrons. The fraction of sp³-hybridized carbons (Fsp3) is 0.370. The molecule has 35 heavy (non-hydrogen) atoms. The molecule has 2 aromatic heterocycles. The van der Waals surface area contributed by atoms with E-state index in [1.54, 1.807) is 20.8 Å². The minimum atomic E-state index is -0.417. The average Bonchev–Trinajstić information content (AvgIpc) is 3.18.